The summed E-state index contributed by atoms with van der Waals surface area (Å²) in [6, 6.07) is 5.42. The van der Waals surface area contributed by atoms with Crippen LogP contribution in [0.4, 0.5) is 4.39 Å². The number of nitrogens with one attached hydrogen (secondary N) is 1. The average Bonchev–Trinajstić information content (AvgIpc) is 2.26. The first kappa shape index (κ1) is 14.0. The van der Waals surface area contributed by atoms with Crippen LogP contribution in [0, 0.1) is 5.82 Å². The molecule has 2 amide bonds. The molecule has 0 bridgehead atoms. The summed E-state index contributed by atoms with van der Waals surface area (Å²) in [5, 5.41) is 2.51. The van der Waals surface area contributed by atoms with E-state index in [9.17, 15) is 14.0 Å². The van der Waals surface area contributed by atoms with E-state index in [1.807, 2.05) is 0 Å². The second-order valence-corrected chi connectivity index (χ2v) is 3.86. The summed E-state index contributed by atoms with van der Waals surface area (Å²) in [4.78, 5) is 22.0. The molecule has 18 heavy (non-hydrogen) atoms. The van der Waals surface area contributed by atoms with Crippen LogP contribution in [0.3, 0.4) is 0 Å². The first-order valence-electron chi connectivity index (χ1n) is 5.44. The summed E-state index contributed by atoms with van der Waals surface area (Å²) in [6.07, 6.45) is 0.0471. The summed E-state index contributed by atoms with van der Waals surface area (Å²) >= 11 is 0. The molecule has 1 atom stereocenters. The smallest absolute Gasteiger partial charge is 0.258 e. The van der Waals surface area contributed by atoms with Crippen molar-refractivity contribution in [3.8, 4) is 5.75 Å². The zero-order chi connectivity index (χ0) is 13.5. The number of carbonyl (C=O) groups excluding carboxylic acids is 2. The van der Waals surface area contributed by atoms with Crippen LogP contribution in [-0.2, 0) is 9.59 Å². The largest absolute Gasteiger partial charge is 0.481 e. The molecular formula is C12H15FN2O3. The van der Waals surface area contributed by atoms with Gasteiger partial charge in [0.1, 0.15) is 0 Å². The van der Waals surface area contributed by atoms with E-state index in [1.54, 1.807) is 13.0 Å². The number of nitrogens with two attached hydrogens (primary N) is 1. The van der Waals surface area contributed by atoms with Gasteiger partial charge in [-0.3, -0.25) is 9.59 Å². The van der Waals surface area contributed by atoms with Crippen molar-refractivity contribution in [2.45, 2.75) is 19.4 Å². The van der Waals surface area contributed by atoms with E-state index in [4.69, 9.17) is 10.5 Å². The normalized spacial score (nSPS) is 11.7. The van der Waals surface area contributed by atoms with Gasteiger partial charge in [0.15, 0.2) is 18.2 Å². The Balaban J connectivity index is 2.38. The topological polar surface area (TPSA) is 81.4 Å². The molecule has 0 saturated carbocycles. The number of primary amides is 1. The molecule has 98 valence electrons. The van der Waals surface area contributed by atoms with Crippen molar-refractivity contribution in [1.82, 2.24) is 5.32 Å². The van der Waals surface area contributed by atoms with Crippen LogP contribution in [0.1, 0.15) is 13.3 Å². The van der Waals surface area contributed by atoms with Gasteiger partial charge in [-0.2, -0.15) is 0 Å². The molecule has 5 nitrogen and oxygen atoms in total. The minimum atomic E-state index is -0.532. The maximum absolute atomic E-state index is 13.2. The molecule has 0 fully saturated rings. The van der Waals surface area contributed by atoms with E-state index in [2.05, 4.69) is 5.32 Å². The maximum atomic E-state index is 13.2. The van der Waals surface area contributed by atoms with Crippen LogP contribution < -0.4 is 15.8 Å². The molecule has 1 aromatic carbocycles. The van der Waals surface area contributed by atoms with Gasteiger partial charge < -0.3 is 15.8 Å². The van der Waals surface area contributed by atoms with Gasteiger partial charge in [-0.1, -0.05) is 12.1 Å². The zero-order valence-electron chi connectivity index (χ0n) is 9.98. The molecule has 0 unspecified atom stereocenters. The van der Waals surface area contributed by atoms with E-state index >= 15 is 0 Å². The summed E-state index contributed by atoms with van der Waals surface area (Å²) < 4.78 is 18.2. The molecule has 3 N–H and O–H groups in total. The highest BCUT2D eigenvalue weighted by Crippen LogP contribution is 2.14. The van der Waals surface area contributed by atoms with Crippen molar-refractivity contribution >= 4 is 11.8 Å². The fourth-order valence-corrected chi connectivity index (χ4v) is 1.37. The number of amides is 2. The van der Waals surface area contributed by atoms with Gasteiger partial charge in [-0.25, -0.2) is 4.39 Å². The van der Waals surface area contributed by atoms with E-state index in [1.165, 1.54) is 18.2 Å². The van der Waals surface area contributed by atoms with Crippen LogP contribution in [0.2, 0.25) is 0 Å². The second kappa shape index (κ2) is 6.58. The third-order valence-corrected chi connectivity index (χ3v) is 2.11. The predicted octanol–water partition coefficient (Wildman–Crippen LogP) is 0.585. The summed E-state index contributed by atoms with van der Waals surface area (Å²) in [5.41, 5.74) is 4.98. The molecule has 0 aromatic heterocycles. The van der Waals surface area contributed by atoms with E-state index < -0.39 is 17.6 Å². The first-order chi connectivity index (χ1) is 8.49. The number of rotatable bonds is 6. The summed E-state index contributed by atoms with van der Waals surface area (Å²) in [5.74, 6) is -1.46. The van der Waals surface area contributed by atoms with Crippen LogP contribution >= 0.6 is 0 Å². The molecule has 0 radical (unpaired) electrons. The molecule has 0 aliphatic carbocycles. The third kappa shape index (κ3) is 4.82. The van der Waals surface area contributed by atoms with Gasteiger partial charge in [0, 0.05) is 12.5 Å². The highest BCUT2D eigenvalue weighted by atomic mass is 19.1. The van der Waals surface area contributed by atoms with Gasteiger partial charge in [-0.05, 0) is 19.1 Å². The van der Waals surface area contributed by atoms with Gasteiger partial charge in [-0.15, -0.1) is 0 Å². The first-order valence-corrected chi connectivity index (χ1v) is 5.44. The minimum absolute atomic E-state index is 0.00945. The average molecular weight is 254 g/mol. The van der Waals surface area contributed by atoms with Crippen molar-refractivity contribution in [1.29, 1.82) is 0 Å². The number of carbonyl (C=O) groups is 2. The number of para-hydroxylation sites is 1. The molecule has 0 aliphatic rings. The van der Waals surface area contributed by atoms with Crippen LogP contribution in [0.25, 0.3) is 0 Å². The lowest BCUT2D eigenvalue weighted by Gasteiger charge is -2.12. The Morgan fingerprint density at radius 3 is 2.72 bits per heavy atom. The molecule has 1 aromatic rings. The number of hydrogen-bond donors (Lipinski definition) is 2. The summed E-state index contributed by atoms with van der Waals surface area (Å²) in [6.45, 7) is 1.33. The SMILES string of the molecule is C[C@@H](CC(N)=O)NC(=O)COc1ccccc1F. The lowest BCUT2D eigenvalue weighted by Crippen LogP contribution is -2.38. The highest BCUT2D eigenvalue weighted by Gasteiger charge is 2.11. The van der Waals surface area contributed by atoms with Gasteiger partial charge >= 0.3 is 0 Å². The lowest BCUT2D eigenvalue weighted by atomic mass is 10.2. The standard InChI is InChI=1S/C12H15FN2O3/c1-8(6-11(14)16)15-12(17)7-18-10-5-3-2-4-9(10)13/h2-5,8H,6-7H2,1H3,(H2,14,16)(H,15,17)/t8-/m0/s1. The highest BCUT2D eigenvalue weighted by molar-refractivity contribution is 5.79. The minimum Gasteiger partial charge on any atom is -0.481 e. The number of ether oxygens (including phenoxy) is 1. The molecule has 0 spiro atoms. The maximum Gasteiger partial charge on any atom is 0.258 e. The Bertz CT molecular complexity index is 437. The van der Waals surface area contributed by atoms with Crippen molar-refractivity contribution < 1.29 is 18.7 Å². The Hall–Kier alpha value is -2.11. The van der Waals surface area contributed by atoms with Crippen molar-refractivity contribution in [3.05, 3.63) is 30.1 Å². The molecule has 1 rings (SSSR count). The monoisotopic (exact) mass is 254 g/mol. The Kier molecular flexibility index (Phi) is 5.10. The van der Waals surface area contributed by atoms with E-state index in [0.29, 0.717) is 0 Å². The quantitative estimate of drug-likeness (QED) is 0.779. The van der Waals surface area contributed by atoms with Gasteiger partial charge in [0.05, 0.1) is 0 Å². The van der Waals surface area contributed by atoms with Gasteiger partial charge in [0.2, 0.25) is 5.91 Å². The van der Waals surface area contributed by atoms with Crippen LogP contribution in [0.5, 0.6) is 5.75 Å². The lowest BCUT2D eigenvalue weighted by molar-refractivity contribution is -0.124. The Morgan fingerprint density at radius 1 is 1.44 bits per heavy atom. The van der Waals surface area contributed by atoms with Crippen molar-refractivity contribution in [3.63, 3.8) is 0 Å². The molecule has 0 saturated heterocycles. The van der Waals surface area contributed by atoms with Crippen molar-refractivity contribution in [2.24, 2.45) is 5.73 Å². The molecule has 0 aliphatic heterocycles. The summed E-state index contributed by atoms with van der Waals surface area (Å²) in [7, 11) is 0. The van der Waals surface area contributed by atoms with Crippen LogP contribution in [-0.4, -0.2) is 24.5 Å². The molecule has 0 heterocycles. The Labute approximate surface area is 104 Å². The van der Waals surface area contributed by atoms with Crippen molar-refractivity contribution in [2.75, 3.05) is 6.61 Å². The molecule has 6 heteroatoms. The third-order valence-electron chi connectivity index (χ3n) is 2.11. The number of benzene rings is 1. The van der Waals surface area contributed by atoms with E-state index in [-0.39, 0.29) is 24.8 Å². The molecular weight excluding hydrogens is 239 g/mol. The fourth-order valence-electron chi connectivity index (χ4n) is 1.37. The zero-order valence-corrected chi connectivity index (χ0v) is 9.98. The van der Waals surface area contributed by atoms with E-state index in [0.717, 1.165) is 0 Å². The number of halogens is 1. The van der Waals surface area contributed by atoms with Gasteiger partial charge in [0.25, 0.3) is 5.91 Å². The second-order valence-electron chi connectivity index (χ2n) is 3.86. The fraction of sp³-hybridized carbons (Fsp3) is 0.333. The Morgan fingerprint density at radius 2 is 2.11 bits per heavy atom. The predicted molar refractivity (Wildman–Crippen MR) is 63.3 cm³/mol. The van der Waals surface area contributed by atoms with Crippen LogP contribution in [0.15, 0.2) is 24.3 Å². The number of hydrogen-bond acceptors (Lipinski definition) is 3.